The number of benzene rings is 1. The van der Waals surface area contributed by atoms with Gasteiger partial charge in [-0.05, 0) is 11.5 Å². The van der Waals surface area contributed by atoms with Crippen molar-refractivity contribution >= 4 is 28.1 Å². The van der Waals surface area contributed by atoms with Gasteiger partial charge in [0.05, 0.1) is 17.4 Å². The Morgan fingerprint density at radius 1 is 1.11 bits per heavy atom. The maximum absolute atomic E-state index is 4.66. The number of amidine groups is 1. The zero-order valence-corrected chi connectivity index (χ0v) is 11.5. The molecular weight excluding hydrogens is 236 g/mol. The van der Waals surface area contributed by atoms with E-state index in [1.807, 2.05) is 24.4 Å². The summed E-state index contributed by atoms with van der Waals surface area (Å²) in [6.07, 6.45) is 2.72. The molecule has 19 heavy (non-hydrogen) atoms. The SMILES string of the molecule is CC(C)(C)CC1=Nc2cnc3ccccc3c2NN1. The minimum absolute atomic E-state index is 0.204. The van der Waals surface area contributed by atoms with Gasteiger partial charge in [-0.2, -0.15) is 0 Å². The fourth-order valence-corrected chi connectivity index (χ4v) is 2.24. The Kier molecular flexibility index (Phi) is 2.66. The number of fused-ring (bicyclic) bond motifs is 3. The van der Waals surface area contributed by atoms with E-state index in [4.69, 9.17) is 0 Å². The first-order chi connectivity index (χ1) is 9.03. The number of rotatable bonds is 1. The number of aliphatic imine (C=N–C) groups is 1. The van der Waals surface area contributed by atoms with Gasteiger partial charge in [0.15, 0.2) is 0 Å². The highest BCUT2D eigenvalue weighted by Gasteiger charge is 2.19. The third kappa shape index (κ3) is 2.38. The third-order valence-corrected chi connectivity index (χ3v) is 3.04. The van der Waals surface area contributed by atoms with E-state index in [9.17, 15) is 0 Å². The summed E-state index contributed by atoms with van der Waals surface area (Å²) in [5.41, 5.74) is 9.54. The van der Waals surface area contributed by atoms with Crippen LogP contribution in [0.25, 0.3) is 10.9 Å². The number of nitrogens with zero attached hydrogens (tertiary/aromatic N) is 2. The molecule has 1 aliphatic heterocycles. The van der Waals surface area contributed by atoms with Crippen LogP contribution in [0.15, 0.2) is 35.5 Å². The highest BCUT2D eigenvalue weighted by molar-refractivity contribution is 6.01. The van der Waals surface area contributed by atoms with E-state index < -0.39 is 0 Å². The van der Waals surface area contributed by atoms with E-state index in [0.717, 1.165) is 34.5 Å². The number of hydrogen-bond donors (Lipinski definition) is 2. The highest BCUT2D eigenvalue weighted by atomic mass is 15.4. The first kappa shape index (κ1) is 12.0. The van der Waals surface area contributed by atoms with E-state index in [-0.39, 0.29) is 5.41 Å². The first-order valence-electron chi connectivity index (χ1n) is 6.50. The molecule has 0 spiro atoms. The minimum atomic E-state index is 0.204. The number of nitrogens with one attached hydrogen (secondary N) is 2. The van der Waals surface area contributed by atoms with Gasteiger partial charge < -0.3 is 0 Å². The number of hydrogen-bond acceptors (Lipinski definition) is 4. The van der Waals surface area contributed by atoms with Crippen LogP contribution >= 0.6 is 0 Å². The van der Waals surface area contributed by atoms with Crippen molar-refractivity contribution in [2.45, 2.75) is 27.2 Å². The van der Waals surface area contributed by atoms with E-state index in [1.54, 1.807) is 0 Å². The lowest BCUT2D eigenvalue weighted by Gasteiger charge is -2.25. The molecule has 4 heteroatoms. The molecule has 1 aromatic carbocycles. The Labute approximate surface area is 112 Å². The average Bonchev–Trinajstić information content (AvgIpc) is 2.36. The summed E-state index contributed by atoms with van der Waals surface area (Å²) in [7, 11) is 0. The van der Waals surface area contributed by atoms with Crippen molar-refractivity contribution in [1.82, 2.24) is 10.4 Å². The predicted octanol–water partition coefficient (Wildman–Crippen LogP) is 3.63. The molecule has 0 radical (unpaired) electrons. The quantitative estimate of drug-likeness (QED) is 0.817. The Bertz CT molecular complexity index is 653. The van der Waals surface area contributed by atoms with Crippen LogP contribution < -0.4 is 10.9 Å². The molecule has 1 aliphatic rings. The van der Waals surface area contributed by atoms with Gasteiger partial charge in [-0.3, -0.25) is 15.8 Å². The van der Waals surface area contributed by atoms with Crippen LogP contribution in [0.1, 0.15) is 27.2 Å². The molecule has 0 atom stereocenters. The summed E-state index contributed by atoms with van der Waals surface area (Å²) in [5, 5.41) is 1.09. The zero-order chi connectivity index (χ0) is 13.5. The Hall–Kier alpha value is -2.10. The van der Waals surface area contributed by atoms with Gasteiger partial charge in [-0.15, -0.1) is 0 Å². The largest absolute Gasteiger partial charge is 0.297 e. The van der Waals surface area contributed by atoms with Crippen LogP contribution in [0.5, 0.6) is 0 Å². The normalized spacial score (nSPS) is 14.4. The molecule has 0 amide bonds. The van der Waals surface area contributed by atoms with Crippen LogP contribution in [0.2, 0.25) is 0 Å². The van der Waals surface area contributed by atoms with Crippen molar-refractivity contribution in [3.8, 4) is 0 Å². The number of pyridine rings is 1. The summed E-state index contributed by atoms with van der Waals surface area (Å²) >= 11 is 0. The molecular formula is C15H18N4. The molecule has 0 aliphatic carbocycles. The summed E-state index contributed by atoms with van der Waals surface area (Å²) < 4.78 is 0. The Morgan fingerprint density at radius 3 is 2.68 bits per heavy atom. The molecule has 2 aromatic rings. The molecule has 0 saturated heterocycles. The molecule has 4 nitrogen and oxygen atoms in total. The maximum Gasteiger partial charge on any atom is 0.121 e. The van der Waals surface area contributed by atoms with Crippen molar-refractivity contribution in [1.29, 1.82) is 0 Å². The van der Waals surface area contributed by atoms with Crippen molar-refractivity contribution in [3.05, 3.63) is 30.5 Å². The van der Waals surface area contributed by atoms with Gasteiger partial charge in [0, 0.05) is 11.8 Å². The summed E-state index contributed by atoms with van der Waals surface area (Å²) in [4.78, 5) is 9.11. The van der Waals surface area contributed by atoms with Crippen LogP contribution in [0.3, 0.4) is 0 Å². The standard InChI is InChI=1S/C15H18N4/c1-15(2,3)8-13-17-12-9-16-11-7-5-4-6-10(11)14(12)19-18-13/h4-7,9,19H,8H2,1-3H3,(H,17,18). The van der Waals surface area contributed by atoms with Gasteiger partial charge in [0.2, 0.25) is 0 Å². The smallest absolute Gasteiger partial charge is 0.121 e. The maximum atomic E-state index is 4.66. The molecule has 0 saturated carbocycles. The second-order valence-electron chi connectivity index (χ2n) is 6.08. The lowest BCUT2D eigenvalue weighted by atomic mass is 9.91. The fourth-order valence-electron chi connectivity index (χ4n) is 2.24. The van der Waals surface area contributed by atoms with Gasteiger partial charge in [-0.1, -0.05) is 39.0 Å². The lowest BCUT2D eigenvalue weighted by Crippen LogP contribution is -2.34. The highest BCUT2D eigenvalue weighted by Crippen LogP contribution is 2.34. The molecule has 2 heterocycles. The number of hydrazine groups is 1. The topological polar surface area (TPSA) is 49.3 Å². The fraction of sp³-hybridized carbons (Fsp3) is 0.333. The van der Waals surface area contributed by atoms with Crippen LogP contribution in [0.4, 0.5) is 11.4 Å². The van der Waals surface area contributed by atoms with E-state index in [2.05, 4.69) is 47.7 Å². The average molecular weight is 254 g/mol. The van der Waals surface area contributed by atoms with Gasteiger partial charge >= 0.3 is 0 Å². The minimum Gasteiger partial charge on any atom is -0.297 e. The van der Waals surface area contributed by atoms with Gasteiger partial charge in [0.25, 0.3) is 0 Å². The van der Waals surface area contributed by atoms with E-state index >= 15 is 0 Å². The summed E-state index contributed by atoms with van der Waals surface area (Å²) in [6.45, 7) is 6.60. The monoisotopic (exact) mass is 254 g/mol. The lowest BCUT2D eigenvalue weighted by molar-refractivity contribution is 0.430. The van der Waals surface area contributed by atoms with Crippen LogP contribution in [0, 0.1) is 5.41 Å². The van der Waals surface area contributed by atoms with Crippen molar-refractivity contribution in [2.24, 2.45) is 10.4 Å². The summed E-state index contributed by atoms with van der Waals surface area (Å²) in [6, 6.07) is 8.07. The number of para-hydroxylation sites is 1. The molecule has 1 aromatic heterocycles. The zero-order valence-electron chi connectivity index (χ0n) is 11.5. The van der Waals surface area contributed by atoms with Gasteiger partial charge in [0.1, 0.15) is 11.5 Å². The van der Waals surface area contributed by atoms with Crippen LogP contribution in [-0.2, 0) is 0 Å². The third-order valence-electron chi connectivity index (χ3n) is 3.04. The number of aromatic nitrogens is 1. The van der Waals surface area contributed by atoms with E-state index in [0.29, 0.717) is 0 Å². The van der Waals surface area contributed by atoms with Crippen molar-refractivity contribution < 1.29 is 0 Å². The van der Waals surface area contributed by atoms with Crippen molar-refractivity contribution in [2.75, 3.05) is 5.43 Å². The molecule has 98 valence electrons. The number of anilines is 1. The predicted molar refractivity (Wildman–Crippen MR) is 79.7 cm³/mol. The molecule has 0 bridgehead atoms. The Balaban J connectivity index is 2.04. The van der Waals surface area contributed by atoms with Crippen molar-refractivity contribution in [3.63, 3.8) is 0 Å². The summed E-state index contributed by atoms with van der Waals surface area (Å²) in [5.74, 6) is 0.956. The first-order valence-corrected chi connectivity index (χ1v) is 6.50. The second-order valence-corrected chi connectivity index (χ2v) is 6.08. The molecule has 0 unspecified atom stereocenters. The van der Waals surface area contributed by atoms with Gasteiger partial charge in [-0.25, -0.2) is 4.99 Å². The Morgan fingerprint density at radius 2 is 1.89 bits per heavy atom. The second kappa shape index (κ2) is 4.23. The molecule has 3 rings (SSSR count). The van der Waals surface area contributed by atoms with Crippen LogP contribution in [-0.4, -0.2) is 10.8 Å². The molecule has 2 N–H and O–H groups in total. The van der Waals surface area contributed by atoms with E-state index in [1.165, 1.54) is 0 Å². The molecule has 0 fully saturated rings.